The van der Waals surface area contributed by atoms with Crippen LogP contribution in [0.25, 0.3) is 0 Å². The second kappa shape index (κ2) is 4.74. The van der Waals surface area contributed by atoms with E-state index >= 15 is 0 Å². The molecule has 0 bridgehead atoms. The van der Waals surface area contributed by atoms with Crippen LogP contribution in [0.4, 0.5) is 0 Å². The first-order valence-corrected chi connectivity index (χ1v) is 4.64. The highest BCUT2D eigenvalue weighted by atomic mass is 16.6. The SMILES string of the molecule is CCOC(=O)C1=CCC([N+](=O)[O-])CC1. The Labute approximate surface area is 81.9 Å². The van der Waals surface area contributed by atoms with Gasteiger partial charge in [0, 0.05) is 23.3 Å². The van der Waals surface area contributed by atoms with Crippen LogP contribution in [0.5, 0.6) is 0 Å². The third-order valence-corrected chi connectivity index (χ3v) is 2.22. The Kier molecular flexibility index (Phi) is 3.62. The monoisotopic (exact) mass is 199 g/mol. The van der Waals surface area contributed by atoms with E-state index in [0.717, 1.165) is 0 Å². The summed E-state index contributed by atoms with van der Waals surface area (Å²) < 4.78 is 4.80. The number of carbonyl (C=O) groups is 1. The summed E-state index contributed by atoms with van der Waals surface area (Å²) in [4.78, 5) is 21.3. The van der Waals surface area contributed by atoms with Crippen LogP contribution in [-0.4, -0.2) is 23.5 Å². The molecule has 14 heavy (non-hydrogen) atoms. The van der Waals surface area contributed by atoms with Crippen LogP contribution in [0.1, 0.15) is 26.2 Å². The van der Waals surface area contributed by atoms with Crippen LogP contribution in [-0.2, 0) is 9.53 Å². The van der Waals surface area contributed by atoms with Crippen LogP contribution >= 0.6 is 0 Å². The minimum Gasteiger partial charge on any atom is -0.463 e. The number of rotatable bonds is 3. The van der Waals surface area contributed by atoms with Gasteiger partial charge in [-0.05, 0) is 13.3 Å². The van der Waals surface area contributed by atoms with E-state index in [0.29, 0.717) is 31.4 Å². The van der Waals surface area contributed by atoms with Gasteiger partial charge in [-0.3, -0.25) is 10.1 Å². The van der Waals surface area contributed by atoms with Crippen molar-refractivity contribution in [2.75, 3.05) is 6.61 Å². The van der Waals surface area contributed by atoms with Gasteiger partial charge in [0.05, 0.1) is 6.61 Å². The highest BCUT2D eigenvalue weighted by Gasteiger charge is 2.26. The van der Waals surface area contributed by atoms with Gasteiger partial charge < -0.3 is 4.74 Å². The first kappa shape index (κ1) is 10.7. The van der Waals surface area contributed by atoms with Crippen LogP contribution in [0.3, 0.4) is 0 Å². The van der Waals surface area contributed by atoms with E-state index in [1.165, 1.54) is 0 Å². The molecule has 0 aliphatic heterocycles. The predicted octanol–water partition coefficient (Wildman–Crippen LogP) is 1.31. The average Bonchev–Trinajstić information content (AvgIpc) is 2.18. The topological polar surface area (TPSA) is 69.4 Å². The zero-order valence-corrected chi connectivity index (χ0v) is 8.06. The van der Waals surface area contributed by atoms with Gasteiger partial charge >= 0.3 is 5.97 Å². The summed E-state index contributed by atoms with van der Waals surface area (Å²) in [5, 5.41) is 10.4. The smallest absolute Gasteiger partial charge is 0.333 e. The molecule has 0 amide bonds. The van der Waals surface area contributed by atoms with Crippen molar-refractivity contribution < 1.29 is 14.5 Å². The van der Waals surface area contributed by atoms with Crippen molar-refractivity contribution in [3.63, 3.8) is 0 Å². The van der Waals surface area contributed by atoms with Gasteiger partial charge in [-0.15, -0.1) is 0 Å². The van der Waals surface area contributed by atoms with Crippen LogP contribution in [0.2, 0.25) is 0 Å². The number of esters is 1. The van der Waals surface area contributed by atoms with E-state index in [1.54, 1.807) is 13.0 Å². The normalized spacial score (nSPS) is 21.2. The summed E-state index contributed by atoms with van der Waals surface area (Å²) >= 11 is 0. The number of nitro groups is 1. The Bertz CT molecular complexity index is 272. The zero-order chi connectivity index (χ0) is 10.6. The molecule has 0 fully saturated rings. The third-order valence-electron chi connectivity index (χ3n) is 2.22. The van der Waals surface area contributed by atoms with Crippen LogP contribution in [0, 0.1) is 10.1 Å². The molecule has 1 aliphatic carbocycles. The molecule has 0 heterocycles. The molecule has 78 valence electrons. The van der Waals surface area contributed by atoms with Gasteiger partial charge in [0.1, 0.15) is 0 Å². The summed E-state index contributed by atoms with van der Waals surface area (Å²) in [6.07, 6.45) is 2.83. The molecule has 1 rings (SSSR count). The van der Waals surface area contributed by atoms with Crippen LogP contribution in [0.15, 0.2) is 11.6 Å². The Balaban J connectivity index is 2.52. The van der Waals surface area contributed by atoms with Gasteiger partial charge in [0.2, 0.25) is 6.04 Å². The van der Waals surface area contributed by atoms with Crippen molar-refractivity contribution in [3.8, 4) is 0 Å². The van der Waals surface area contributed by atoms with Crippen molar-refractivity contribution in [2.24, 2.45) is 0 Å². The lowest BCUT2D eigenvalue weighted by Gasteiger charge is -2.14. The molecule has 0 aromatic carbocycles. The Morgan fingerprint density at radius 2 is 2.50 bits per heavy atom. The molecule has 0 aromatic rings. The summed E-state index contributed by atoms with van der Waals surface area (Å²) in [6, 6.07) is -0.534. The average molecular weight is 199 g/mol. The quantitative estimate of drug-likeness (QED) is 0.390. The van der Waals surface area contributed by atoms with Crippen molar-refractivity contribution in [2.45, 2.75) is 32.2 Å². The first-order valence-electron chi connectivity index (χ1n) is 4.64. The minimum atomic E-state index is -0.534. The minimum absolute atomic E-state index is 0.293. The Morgan fingerprint density at radius 1 is 1.79 bits per heavy atom. The van der Waals surface area contributed by atoms with Crippen LogP contribution < -0.4 is 0 Å². The maximum Gasteiger partial charge on any atom is 0.333 e. The largest absolute Gasteiger partial charge is 0.463 e. The van der Waals surface area contributed by atoms with Gasteiger partial charge in [-0.25, -0.2) is 4.79 Å². The second-order valence-electron chi connectivity index (χ2n) is 3.16. The molecule has 0 radical (unpaired) electrons. The van der Waals surface area contributed by atoms with Gasteiger partial charge in [-0.2, -0.15) is 0 Å². The summed E-state index contributed by atoms with van der Waals surface area (Å²) in [5.74, 6) is -0.339. The third kappa shape index (κ3) is 2.55. The molecule has 0 N–H and O–H groups in total. The van der Waals surface area contributed by atoms with E-state index in [9.17, 15) is 14.9 Å². The maximum absolute atomic E-state index is 11.2. The van der Waals surface area contributed by atoms with E-state index in [4.69, 9.17) is 4.74 Å². The lowest BCUT2D eigenvalue weighted by Crippen LogP contribution is -2.23. The standard InChI is InChI=1S/C9H13NO4/c1-2-14-9(11)7-3-5-8(6-4-7)10(12)13/h3,8H,2,4-6H2,1H3. The molecule has 0 spiro atoms. The van der Waals surface area contributed by atoms with Crippen molar-refractivity contribution in [1.82, 2.24) is 0 Å². The zero-order valence-electron chi connectivity index (χ0n) is 8.06. The number of hydrogen-bond donors (Lipinski definition) is 0. The molecule has 1 unspecified atom stereocenters. The molecule has 0 saturated heterocycles. The molecule has 5 nitrogen and oxygen atoms in total. The summed E-state index contributed by atoms with van der Waals surface area (Å²) in [7, 11) is 0. The van der Waals surface area contributed by atoms with Crippen molar-refractivity contribution in [1.29, 1.82) is 0 Å². The van der Waals surface area contributed by atoms with Gasteiger partial charge in [-0.1, -0.05) is 6.08 Å². The highest BCUT2D eigenvalue weighted by molar-refractivity contribution is 5.88. The second-order valence-corrected chi connectivity index (χ2v) is 3.16. The summed E-state index contributed by atoms with van der Waals surface area (Å²) in [6.45, 7) is 2.08. The number of hydrogen-bond acceptors (Lipinski definition) is 4. The molecule has 1 atom stereocenters. The lowest BCUT2D eigenvalue weighted by atomic mass is 9.96. The molecule has 0 aromatic heterocycles. The molecule has 5 heteroatoms. The van der Waals surface area contributed by atoms with Gasteiger partial charge in [0.25, 0.3) is 0 Å². The fourth-order valence-corrected chi connectivity index (χ4v) is 1.42. The van der Waals surface area contributed by atoms with Crippen molar-refractivity contribution >= 4 is 5.97 Å². The Morgan fingerprint density at radius 3 is 2.93 bits per heavy atom. The van der Waals surface area contributed by atoms with E-state index in [-0.39, 0.29) is 10.9 Å². The predicted molar refractivity (Wildman–Crippen MR) is 49.3 cm³/mol. The van der Waals surface area contributed by atoms with Crippen molar-refractivity contribution in [3.05, 3.63) is 21.8 Å². The fraction of sp³-hybridized carbons (Fsp3) is 0.667. The first-order chi connectivity index (χ1) is 6.65. The van der Waals surface area contributed by atoms with Gasteiger partial charge in [0.15, 0.2) is 0 Å². The number of nitrogens with zero attached hydrogens (tertiary/aromatic N) is 1. The molecule has 0 saturated carbocycles. The molecular formula is C9H13NO4. The van der Waals surface area contributed by atoms with E-state index in [1.807, 2.05) is 0 Å². The molecular weight excluding hydrogens is 186 g/mol. The number of ether oxygens (including phenoxy) is 1. The number of carbonyl (C=O) groups excluding carboxylic acids is 1. The van der Waals surface area contributed by atoms with E-state index in [2.05, 4.69) is 0 Å². The van der Waals surface area contributed by atoms with E-state index < -0.39 is 6.04 Å². The summed E-state index contributed by atoms with van der Waals surface area (Å²) in [5.41, 5.74) is 0.574. The molecule has 1 aliphatic rings. The Hall–Kier alpha value is -1.39. The fourth-order valence-electron chi connectivity index (χ4n) is 1.42. The highest BCUT2D eigenvalue weighted by Crippen LogP contribution is 2.20. The lowest BCUT2D eigenvalue weighted by molar-refractivity contribution is -0.523. The maximum atomic E-state index is 11.2.